The van der Waals surface area contributed by atoms with Crippen LogP contribution in [0.25, 0.3) is 0 Å². The SMILES string of the molecule is COCCOc1ccc(C(CC(=O)C(C)C)SCC(C)C)cc1. The third kappa shape index (κ3) is 7.89. The Labute approximate surface area is 145 Å². The van der Waals surface area contributed by atoms with E-state index < -0.39 is 0 Å². The van der Waals surface area contributed by atoms with Gasteiger partial charge in [-0.05, 0) is 29.4 Å². The molecule has 1 unspecified atom stereocenters. The van der Waals surface area contributed by atoms with Gasteiger partial charge in [0.05, 0.1) is 6.61 Å². The molecular weight excluding hydrogens is 308 g/mol. The first-order valence-electron chi connectivity index (χ1n) is 8.30. The van der Waals surface area contributed by atoms with Crippen molar-refractivity contribution < 1.29 is 14.3 Å². The molecule has 0 spiro atoms. The molecule has 130 valence electrons. The average Bonchev–Trinajstić information content (AvgIpc) is 2.52. The van der Waals surface area contributed by atoms with Crippen LogP contribution in [-0.4, -0.2) is 31.9 Å². The summed E-state index contributed by atoms with van der Waals surface area (Å²) in [6, 6.07) is 8.11. The summed E-state index contributed by atoms with van der Waals surface area (Å²) in [6.45, 7) is 9.49. The molecule has 0 heterocycles. The van der Waals surface area contributed by atoms with Crippen molar-refractivity contribution in [3.05, 3.63) is 29.8 Å². The minimum atomic E-state index is 0.0915. The quantitative estimate of drug-likeness (QED) is 0.545. The zero-order valence-electron chi connectivity index (χ0n) is 15.0. The fourth-order valence-corrected chi connectivity index (χ4v) is 3.27. The molecule has 1 atom stereocenters. The van der Waals surface area contributed by atoms with E-state index in [0.29, 0.717) is 31.3 Å². The molecule has 23 heavy (non-hydrogen) atoms. The number of benzene rings is 1. The Bertz CT molecular complexity index is 454. The summed E-state index contributed by atoms with van der Waals surface area (Å²) in [6.07, 6.45) is 0.596. The van der Waals surface area contributed by atoms with Crippen LogP contribution in [0.4, 0.5) is 0 Å². The van der Waals surface area contributed by atoms with E-state index in [1.165, 1.54) is 5.56 Å². The van der Waals surface area contributed by atoms with Gasteiger partial charge in [0.15, 0.2) is 0 Å². The highest BCUT2D eigenvalue weighted by Gasteiger charge is 2.19. The van der Waals surface area contributed by atoms with E-state index in [4.69, 9.17) is 9.47 Å². The van der Waals surface area contributed by atoms with Gasteiger partial charge < -0.3 is 9.47 Å². The van der Waals surface area contributed by atoms with E-state index in [1.807, 2.05) is 37.7 Å². The normalized spacial score (nSPS) is 12.7. The second-order valence-electron chi connectivity index (χ2n) is 6.45. The van der Waals surface area contributed by atoms with E-state index in [1.54, 1.807) is 7.11 Å². The van der Waals surface area contributed by atoms with E-state index in [2.05, 4.69) is 26.0 Å². The lowest BCUT2D eigenvalue weighted by Crippen LogP contribution is -2.12. The van der Waals surface area contributed by atoms with Crippen molar-refractivity contribution in [2.24, 2.45) is 11.8 Å². The van der Waals surface area contributed by atoms with Gasteiger partial charge in [-0.1, -0.05) is 39.8 Å². The van der Waals surface area contributed by atoms with Crippen LogP contribution in [0.2, 0.25) is 0 Å². The van der Waals surface area contributed by atoms with Gasteiger partial charge in [-0.2, -0.15) is 11.8 Å². The van der Waals surface area contributed by atoms with Crippen molar-refractivity contribution in [2.45, 2.75) is 39.4 Å². The second-order valence-corrected chi connectivity index (χ2v) is 7.69. The van der Waals surface area contributed by atoms with Crippen molar-refractivity contribution in [3.8, 4) is 5.75 Å². The zero-order chi connectivity index (χ0) is 17.2. The number of Topliss-reactive ketones (excluding diaryl/α,β-unsaturated/α-hetero) is 1. The summed E-state index contributed by atoms with van der Waals surface area (Å²) in [7, 11) is 1.66. The van der Waals surface area contributed by atoms with Crippen LogP contribution in [0.5, 0.6) is 5.75 Å². The predicted molar refractivity (Wildman–Crippen MR) is 98.3 cm³/mol. The lowest BCUT2D eigenvalue weighted by molar-refractivity contribution is -0.121. The number of hydrogen-bond acceptors (Lipinski definition) is 4. The maximum absolute atomic E-state index is 12.2. The van der Waals surface area contributed by atoms with Crippen LogP contribution in [0.15, 0.2) is 24.3 Å². The number of methoxy groups -OCH3 is 1. The minimum absolute atomic E-state index is 0.0915. The molecule has 1 rings (SSSR count). The highest BCUT2D eigenvalue weighted by molar-refractivity contribution is 7.99. The van der Waals surface area contributed by atoms with Crippen molar-refractivity contribution in [3.63, 3.8) is 0 Å². The fraction of sp³-hybridized carbons (Fsp3) is 0.632. The van der Waals surface area contributed by atoms with Crippen molar-refractivity contribution >= 4 is 17.5 Å². The molecule has 0 saturated heterocycles. The smallest absolute Gasteiger partial charge is 0.136 e. The van der Waals surface area contributed by atoms with Gasteiger partial charge in [-0.25, -0.2) is 0 Å². The van der Waals surface area contributed by atoms with Crippen LogP contribution in [0.1, 0.15) is 44.9 Å². The van der Waals surface area contributed by atoms with Gasteiger partial charge in [-0.15, -0.1) is 0 Å². The van der Waals surface area contributed by atoms with E-state index in [0.717, 1.165) is 11.5 Å². The van der Waals surface area contributed by atoms with Gasteiger partial charge in [-0.3, -0.25) is 4.79 Å². The molecule has 1 aromatic carbocycles. The second kappa shape index (κ2) is 10.7. The number of ketones is 1. The van der Waals surface area contributed by atoms with Gasteiger partial charge in [0, 0.05) is 24.7 Å². The molecule has 4 heteroatoms. The maximum atomic E-state index is 12.2. The summed E-state index contributed by atoms with van der Waals surface area (Å²) in [5, 5.41) is 0.223. The van der Waals surface area contributed by atoms with Crippen LogP contribution in [0.3, 0.4) is 0 Å². The molecule has 0 amide bonds. The molecule has 0 aliphatic rings. The van der Waals surface area contributed by atoms with Gasteiger partial charge in [0.25, 0.3) is 0 Å². The third-order valence-electron chi connectivity index (χ3n) is 3.47. The number of carbonyl (C=O) groups is 1. The average molecular weight is 339 g/mol. The van der Waals surface area contributed by atoms with E-state index >= 15 is 0 Å². The molecule has 0 N–H and O–H groups in total. The van der Waals surface area contributed by atoms with E-state index in [-0.39, 0.29) is 11.2 Å². The summed E-state index contributed by atoms with van der Waals surface area (Å²) in [5.74, 6) is 2.93. The fourth-order valence-electron chi connectivity index (χ4n) is 2.02. The van der Waals surface area contributed by atoms with Crippen molar-refractivity contribution in [1.82, 2.24) is 0 Å². The highest BCUT2D eigenvalue weighted by Crippen LogP contribution is 2.35. The number of rotatable bonds is 11. The number of ether oxygens (including phenoxy) is 2. The molecule has 0 aromatic heterocycles. The highest BCUT2D eigenvalue weighted by atomic mass is 32.2. The predicted octanol–water partition coefficient (Wildman–Crippen LogP) is 4.76. The lowest BCUT2D eigenvalue weighted by Gasteiger charge is -2.19. The monoisotopic (exact) mass is 338 g/mol. The van der Waals surface area contributed by atoms with Gasteiger partial charge in [0.2, 0.25) is 0 Å². The first-order valence-corrected chi connectivity index (χ1v) is 9.35. The first-order chi connectivity index (χ1) is 10.9. The maximum Gasteiger partial charge on any atom is 0.136 e. The van der Waals surface area contributed by atoms with Crippen molar-refractivity contribution in [2.75, 3.05) is 26.1 Å². The topological polar surface area (TPSA) is 35.5 Å². The summed E-state index contributed by atoms with van der Waals surface area (Å²) >= 11 is 1.87. The standard InChI is InChI=1S/C19H30O3S/c1-14(2)13-23-19(12-18(20)15(3)4)16-6-8-17(9-7-16)22-11-10-21-5/h6-9,14-15,19H,10-13H2,1-5H3. The Morgan fingerprint density at radius 2 is 1.74 bits per heavy atom. The number of thioether (sulfide) groups is 1. The van der Waals surface area contributed by atoms with Gasteiger partial charge in [0.1, 0.15) is 18.1 Å². The van der Waals surface area contributed by atoms with Crippen LogP contribution >= 0.6 is 11.8 Å². The van der Waals surface area contributed by atoms with Crippen LogP contribution < -0.4 is 4.74 Å². The molecule has 0 aliphatic heterocycles. The third-order valence-corrected chi connectivity index (χ3v) is 5.17. The van der Waals surface area contributed by atoms with E-state index in [9.17, 15) is 4.79 Å². The number of carbonyl (C=O) groups excluding carboxylic acids is 1. The van der Waals surface area contributed by atoms with Gasteiger partial charge >= 0.3 is 0 Å². The Balaban J connectivity index is 2.73. The minimum Gasteiger partial charge on any atom is -0.491 e. The van der Waals surface area contributed by atoms with Crippen LogP contribution in [-0.2, 0) is 9.53 Å². The summed E-state index contributed by atoms with van der Waals surface area (Å²) < 4.78 is 10.6. The molecule has 3 nitrogen and oxygen atoms in total. The van der Waals surface area contributed by atoms with Crippen LogP contribution in [0, 0.1) is 11.8 Å². The molecule has 0 aliphatic carbocycles. The molecular formula is C19H30O3S. The van der Waals surface area contributed by atoms with Crippen molar-refractivity contribution in [1.29, 1.82) is 0 Å². The zero-order valence-corrected chi connectivity index (χ0v) is 15.8. The lowest BCUT2D eigenvalue weighted by atomic mass is 10.0. The Kier molecular flexibility index (Phi) is 9.34. The molecule has 0 fully saturated rings. The molecule has 1 aromatic rings. The summed E-state index contributed by atoms with van der Waals surface area (Å²) in [5.41, 5.74) is 1.20. The Morgan fingerprint density at radius 1 is 1.09 bits per heavy atom. The Hall–Kier alpha value is -1.00. The summed E-state index contributed by atoms with van der Waals surface area (Å²) in [4.78, 5) is 12.2. The molecule has 0 bridgehead atoms. The Morgan fingerprint density at radius 3 is 2.26 bits per heavy atom. The number of hydrogen-bond donors (Lipinski definition) is 0. The largest absolute Gasteiger partial charge is 0.491 e. The first kappa shape index (κ1) is 20.0. The molecule has 0 saturated carbocycles. The molecule has 0 radical (unpaired) electrons.